The molecule has 1 aromatic heterocycles. The zero-order valence-electron chi connectivity index (χ0n) is 10.4. The summed E-state index contributed by atoms with van der Waals surface area (Å²) in [6.07, 6.45) is 1.64. The molecule has 2 rings (SSSR count). The predicted molar refractivity (Wildman–Crippen MR) is 70.2 cm³/mol. The van der Waals surface area contributed by atoms with Gasteiger partial charge in [-0.2, -0.15) is 0 Å². The lowest BCUT2D eigenvalue weighted by molar-refractivity contribution is -0.117. The predicted octanol–water partition coefficient (Wildman–Crippen LogP) is -0.675. The van der Waals surface area contributed by atoms with E-state index in [2.05, 4.69) is 4.98 Å². The van der Waals surface area contributed by atoms with E-state index in [1.54, 1.807) is 19.2 Å². The number of aromatic amines is 1. The van der Waals surface area contributed by atoms with Gasteiger partial charge < -0.3 is 9.88 Å². The van der Waals surface area contributed by atoms with E-state index in [0.29, 0.717) is 0 Å². The number of amides is 1. The number of carbonyl (C=O) groups is 1. The minimum absolute atomic E-state index is 0.0871. The van der Waals surface area contributed by atoms with Gasteiger partial charge in [-0.25, -0.2) is 13.6 Å². The van der Waals surface area contributed by atoms with Crippen LogP contribution in [0.5, 0.6) is 0 Å². The third-order valence-corrected chi connectivity index (χ3v) is 3.93. The maximum absolute atomic E-state index is 11.9. The lowest BCUT2D eigenvalue weighted by Gasteiger charge is -2.15. The summed E-state index contributed by atoms with van der Waals surface area (Å²) >= 11 is 0. The third-order valence-electron chi connectivity index (χ3n) is 2.99. The van der Waals surface area contributed by atoms with Crippen molar-refractivity contribution in [2.75, 3.05) is 17.2 Å². The molecule has 7 nitrogen and oxygen atoms in total. The standard InChI is InChI=1S/C11H15N3O4S/c1-7-2-9(11(16)13-4-7)14-5-8(3-10(14)15)6-19(12,17)18/h2,4,8H,3,5-6H2,1H3,(H,13,16)(H2,12,17,18). The number of carbonyl (C=O) groups excluding carboxylic acids is 1. The lowest BCUT2D eigenvalue weighted by Crippen LogP contribution is -2.31. The van der Waals surface area contributed by atoms with Crippen molar-refractivity contribution in [1.82, 2.24) is 4.98 Å². The van der Waals surface area contributed by atoms with Crippen molar-refractivity contribution in [1.29, 1.82) is 0 Å². The largest absolute Gasteiger partial charge is 0.327 e. The first kappa shape index (κ1) is 13.8. The van der Waals surface area contributed by atoms with Crippen molar-refractivity contribution in [3.63, 3.8) is 0 Å². The SMILES string of the molecule is Cc1c[nH]c(=O)c(N2CC(CS(N)(=O)=O)CC2=O)c1. The van der Waals surface area contributed by atoms with E-state index in [-0.39, 0.29) is 41.8 Å². The van der Waals surface area contributed by atoms with Crippen LogP contribution in [0.25, 0.3) is 0 Å². The molecule has 1 fully saturated rings. The minimum Gasteiger partial charge on any atom is -0.327 e. The molecular formula is C11H15N3O4S. The highest BCUT2D eigenvalue weighted by Gasteiger charge is 2.33. The number of H-pyrrole nitrogens is 1. The summed E-state index contributed by atoms with van der Waals surface area (Å²) in [5.74, 6) is -0.883. The highest BCUT2D eigenvalue weighted by atomic mass is 32.2. The molecule has 0 radical (unpaired) electrons. The van der Waals surface area contributed by atoms with Crippen molar-refractivity contribution >= 4 is 21.6 Å². The van der Waals surface area contributed by atoms with Gasteiger partial charge in [0.15, 0.2) is 0 Å². The first-order chi connectivity index (χ1) is 8.76. The molecule has 0 aromatic carbocycles. The van der Waals surface area contributed by atoms with Gasteiger partial charge in [0.2, 0.25) is 15.9 Å². The Morgan fingerprint density at radius 1 is 1.47 bits per heavy atom. The molecule has 1 saturated heterocycles. The Morgan fingerprint density at radius 3 is 2.79 bits per heavy atom. The first-order valence-corrected chi connectivity index (χ1v) is 7.48. The number of aryl methyl sites for hydroxylation is 1. The molecule has 0 saturated carbocycles. The number of hydrogen-bond acceptors (Lipinski definition) is 4. The van der Waals surface area contributed by atoms with Crippen LogP contribution in [0, 0.1) is 12.8 Å². The van der Waals surface area contributed by atoms with Crippen molar-refractivity contribution in [3.05, 3.63) is 28.2 Å². The van der Waals surface area contributed by atoms with Crippen molar-refractivity contribution in [2.45, 2.75) is 13.3 Å². The average molecular weight is 285 g/mol. The van der Waals surface area contributed by atoms with Crippen LogP contribution in [0.3, 0.4) is 0 Å². The van der Waals surface area contributed by atoms with Crippen molar-refractivity contribution in [2.24, 2.45) is 11.1 Å². The number of pyridine rings is 1. The van der Waals surface area contributed by atoms with E-state index in [0.717, 1.165) is 5.56 Å². The second-order valence-corrected chi connectivity index (χ2v) is 6.45. The summed E-state index contributed by atoms with van der Waals surface area (Å²) in [4.78, 5) is 27.4. The summed E-state index contributed by atoms with van der Waals surface area (Å²) < 4.78 is 22.1. The van der Waals surface area contributed by atoms with E-state index >= 15 is 0 Å². The molecule has 3 N–H and O–H groups in total. The molecule has 0 spiro atoms. The summed E-state index contributed by atoms with van der Waals surface area (Å²) in [5, 5.41) is 4.97. The van der Waals surface area contributed by atoms with Crippen LogP contribution in [0.2, 0.25) is 0 Å². The summed E-state index contributed by atoms with van der Waals surface area (Å²) in [5.41, 5.74) is 0.703. The number of rotatable bonds is 3. The summed E-state index contributed by atoms with van der Waals surface area (Å²) in [6.45, 7) is 1.99. The number of nitrogens with zero attached hydrogens (tertiary/aromatic N) is 1. The van der Waals surface area contributed by atoms with Crippen LogP contribution in [-0.4, -0.2) is 31.6 Å². The normalized spacial score (nSPS) is 20.0. The molecule has 0 bridgehead atoms. The monoisotopic (exact) mass is 285 g/mol. The number of aromatic nitrogens is 1. The second-order valence-electron chi connectivity index (χ2n) is 4.80. The maximum atomic E-state index is 11.9. The highest BCUT2D eigenvalue weighted by Crippen LogP contribution is 2.23. The van der Waals surface area contributed by atoms with Crippen molar-refractivity contribution in [3.8, 4) is 0 Å². The van der Waals surface area contributed by atoms with E-state index < -0.39 is 10.0 Å². The van der Waals surface area contributed by atoms with Crippen LogP contribution in [0.15, 0.2) is 17.1 Å². The smallest absolute Gasteiger partial charge is 0.271 e. The molecule has 1 amide bonds. The van der Waals surface area contributed by atoms with Crippen LogP contribution >= 0.6 is 0 Å². The van der Waals surface area contributed by atoms with Gasteiger partial charge >= 0.3 is 0 Å². The van der Waals surface area contributed by atoms with Gasteiger partial charge in [0.1, 0.15) is 5.69 Å². The Balaban J connectivity index is 2.25. The Labute approximate surface area is 110 Å². The van der Waals surface area contributed by atoms with Gasteiger partial charge in [0.05, 0.1) is 5.75 Å². The van der Waals surface area contributed by atoms with Gasteiger partial charge in [0, 0.05) is 25.1 Å². The number of sulfonamides is 1. The molecule has 19 heavy (non-hydrogen) atoms. The van der Waals surface area contributed by atoms with Gasteiger partial charge in [-0.15, -0.1) is 0 Å². The van der Waals surface area contributed by atoms with Gasteiger partial charge in [-0.3, -0.25) is 9.59 Å². The zero-order chi connectivity index (χ0) is 14.2. The fourth-order valence-electron chi connectivity index (χ4n) is 2.23. The highest BCUT2D eigenvalue weighted by molar-refractivity contribution is 7.89. The molecule has 1 atom stereocenters. The third kappa shape index (κ3) is 3.21. The Morgan fingerprint density at radius 2 is 2.16 bits per heavy atom. The quantitative estimate of drug-likeness (QED) is 0.766. The molecule has 8 heteroatoms. The van der Waals surface area contributed by atoms with Crippen LogP contribution in [0.1, 0.15) is 12.0 Å². The molecule has 0 aliphatic carbocycles. The Bertz CT molecular complexity index is 665. The molecule has 1 aromatic rings. The molecule has 1 aliphatic rings. The number of nitrogens with one attached hydrogen (secondary N) is 1. The fraction of sp³-hybridized carbons (Fsp3) is 0.455. The second kappa shape index (κ2) is 4.78. The van der Waals surface area contributed by atoms with Crippen LogP contribution < -0.4 is 15.6 Å². The Hall–Kier alpha value is -1.67. The van der Waals surface area contributed by atoms with Gasteiger partial charge in [0.25, 0.3) is 5.56 Å². The maximum Gasteiger partial charge on any atom is 0.271 e. The fourth-order valence-corrected chi connectivity index (χ4v) is 3.11. The van der Waals surface area contributed by atoms with Crippen molar-refractivity contribution < 1.29 is 13.2 Å². The number of anilines is 1. The number of hydrogen-bond donors (Lipinski definition) is 2. The van der Waals surface area contributed by atoms with Crippen LogP contribution in [0.4, 0.5) is 5.69 Å². The topological polar surface area (TPSA) is 113 Å². The molecule has 104 valence electrons. The van der Waals surface area contributed by atoms with E-state index in [1.807, 2.05) is 0 Å². The van der Waals surface area contributed by atoms with Crippen LogP contribution in [-0.2, 0) is 14.8 Å². The average Bonchev–Trinajstić information content (AvgIpc) is 2.60. The van der Waals surface area contributed by atoms with E-state index in [1.165, 1.54) is 4.90 Å². The van der Waals surface area contributed by atoms with E-state index in [9.17, 15) is 18.0 Å². The van der Waals surface area contributed by atoms with Gasteiger partial charge in [-0.1, -0.05) is 0 Å². The number of nitrogens with two attached hydrogens (primary N) is 1. The minimum atomic E-state index is -3.62. The van der Waals surface area contributed by atoms with E-state index in [4.69, 9.17) is 5.14 Å². The Kier molecular flexibility index (Phi) is 3.46. The molecule has 1 unspecified atom stereocenters. The number of primary sulfonamides is 1. The van der Waals surface area contributed by atoms with Gasteiger partial charge in [-0.05, 0) is 18.6 Å². The molecular weight excluding hydrogens is 270 g/mol. The zero-order valence-corrected chi connectivity index (χ0v) is 11.2. The molecule has 2 heterocycles. The molecule has 1 aliphatic heterocycles. The summed E-state index contributed by atoms with van der Waals surface area (Å²) in [7, 11) is -3.62. The lowest BCUT2D eigenvalue weighted by atomic mass is 10.1. The summed E-state index contributed by atoms with van der Waals surface area (Å²) in [6, 6.07) is 1.61. The first-order valence-electron chi connectivity index (χ1n) is 5.76.